The molecule has 0 saturated carbocycles. The van der Waals surface area contributed by atoms with E-state index < -0.39 is 0 Å². The zero-order valence-corrected chi connectivity index (χ0v) is 12.9. The van der Waals surface area contributed by atoms with Gasteiger partial charge in [-0.2, -0.15) is 0 Å². The molecule has 0 N–H and O–H groups in total. The van der Waals surface area contributed by atoms with Crippen LogP contribution in [-0.4, -0.2) is 21.7 Å². The minimum atomic E-state index is -0.110. The van der Waals surface area contributed by atoms with Crippen molar-refractivity contribution in [1.82, 2.24) is 4.90 Å². The van der Waals surface area contributed by atoms with Crippen LogP contribution in [0.15, 0.2) is 35.8 Å². The van der Waals surface area contributed by atoms with Gasteiger partial charge in [0.25, 0.3) is 5.91 Å². The van der Waals surface area contributed by atoms with Gasteiger partial charge in [0.1, 0.15) is 4.32 Å². The third kappa shape index (κ3) is 3.20. The average Bonchev–Trinajstić information content (AvgIpc) is 2.62. The van der Waals surface area contributed by atoms with Gasteiger partial charge in [-0.25, -0.2) is 0 Å². The lowest BCUT2D eigenvalue weighted by Crippen LogP contribution is -2.27. The molecule has 0 aliphatic carbocycles. The monoisotopic (exact) mass is 329 g/mol. The Balaban J connectivity index is 2.29. The van der Waals surface area contributed by atoms with Crippen LogP contribution in [0.1, 0.15) is 5.56 Å². The van der Waals surface area contributed by atoms with Gasteiger partial charge in [-0.15, -0.1) is 6.58 Å². The molecule has 1 amide bonds. The minimum Gasteiger partial charge on any atom is -0.289 e. The minimum absolute atomic E-state index is 0.110. The summed E-state index contributed by atoms with van der Waals surface area (Å²) in [5.74, 6) is -0.110. The van der Waals surface area contributed by atoms with E-state index in [0.717, 1.165) is 5.56 Å². The van der Waals surface area contributed by atoms with Crippen molar-refractivity contribution in [3.05, 3.63) is 51.4 Å². The first-order valence-electron chi connectivity index (χ1n) is 5.34. The quantitative estimate of drug-likeness (QED) is 0.466. The molecule has 0 bridgehead atoms. The summed E-state index contributed by atoms with van der Waals surface area (Å²) in [4.78, 5) is 14.2. The summed E-state index contributed by atoms with van der Waals surface area (Å²) >= 11 is 18.2. The van der Waals surface area contributed by atoms with Crippen LogP contribution in [-0.2, 0) is 4.79 Å². The topological polar surface area (TPSA) is 20.3 Å². The number of amides is 1. The Morgan fingerprint density at radius 2 is 2.11 bits per heavy atom. The number of carbonyl (C=O) groups excluding carboxylic acids is 1. The number of nitrogens with zero attached hydrogens (tertiary/aromatic N) is 1. The Labute approximate surface area is 131 Å². The van der Waals surface area contributed by atoms with Crippen LogP contribution >= 0.6 is 47.2 Å². The summed E-state index contributed by atoms with van der Waals surface area (Å²) in [6.07, 6.45) is 3.40. The molecule has 1 aliphatic rings. The number of halogens is 2. The fourth-order valence-corrected chi connectivity index (χ4v) is 3.12. The number of thioether (sulfide) groups is 1. The van der Waals surface area contributed by atoms with Crippen molar-refractivity contribution < 1.29 is 4.79 Å². The third-order valence-electron chi connectivity index (χ3n) is 2.43. The molecule has 0 spiro atoms. The van der Waals surface area contributed by atoms with E-state index in [9.17, 15) is 4.79 Å². The first-order valence-corrected chi connectivity index (χ1v) is 7.32. The van der Waals surface area contributed by atoms with E-state index in [4.69, 9.17) is 35.4 Å². The fraction of sp³-hybridized carbons (Fsp3) is 0.0769. The molecular weight excluding hydrogens is 321 g/mol. The molecule has 19 heavy (non-hydrogen) atoms. The zero-order valence-electron chi connectivity index (χ0n) is 9.73. The first-order chi connectivity index (χ1) is 9.02. The van der Waals surface area contributed by atoms with E-state index in [2.05, 4.69) is 6.58 Å². The van der Waals surface area contributed by atoms with Crippen LogP contribution in [0.4, 0.5) is 0 Å². The van der Waals surface area contributed by atoms with Crippen LogP contribution in [0.5, 0.6) is 0 Å². The highest BCUT2D eigenvalue weighted by Crippen LogP contribution is 2.33. The Kier molecular flexibility index (Phi) is 4.68. The number of rotatable bonds is 3. The molecule has 2 nitrogen and oxygen atoms in total. The average molecular weight is 330 g/mol. The maximum atomic E-state index is 12.1. The third-order valence-corrected chi connectivity index (χ3v) is 4.54. The van der Waals surface area contributed by atoms with Crippen molar-refractivity contribution in [3.8, 4) is 0 Å². The second-order valence-electron chi connectivity index (χ2n) is 3.75. The first kappa shape index (κ1) is 14.6. The highest BCUT2D eigenvalue weighted by atomic mass is 35.5. The summed E-state index contributed by atoms with van der Waals surface area (Å²) in [5.41, 5.74) is 0.813. The van der Waals surface area contributed by atoms with E-state index in [0.29, 0.717) is 25.8 Å². The van der Waals surface area contributed by atoms with E-state index in [1.54, 1.807) is 30.4 Å². The summed E-state index contributed by atoms with van der Waals surface area (Å²) in [7, 11) is 0. The molecule has 98 valence electrons. The molecule has 0 unspecified atom stereocenters. The van der Waals surface area contributed by atoms with E-state index in [1.807, 2.05) is 0 Å². The number of benzene rings is 1. The molecular formula is C13H9Cl2NOS2. The maximum Gasteiger partial charge on any atom is 0.266 e. The molecule has 0 atom stereocenters. The Morgan fingerprint density at radius 1 is 1.37 bits per heavy atom. The van der Waals surface area contributed by atoms with Gasteiger partial charge in [-0.1, -0.05) is 59.3 Å². The maximum absolute atomic E-state index is 12.1. The molecule has 1 aromatic carbocycles. The predicted molar refractivity (Wildman–Crippen MR) is 86.5 cm³/mol. The SMILES string of the molecule is C=CCN1C(=O)C(=Cc2ccc(Cl)c(Cl)c2)SC1=S. The molecule has 0 radical (unpaired) electrons. The van der Waals surface area contributed by atoms with Gasteiger partial charge in [-0.3, -0.25) is 9.69 Å². The van der Waals surface area contributed by atoms with Crippen molar-refractivity contribution in [2.75, 3.05) is 6.54 Å². The summed E-state index contributed by atoms with van der Waals surface area (Å²) < 4.78 is 0.538. The smallest absolute Gasteiger partial charge is 0.266 e. The van der Waals surface area contributed by atoms with E-state index >= 15 is 0 Å². The van der Waals surface area contributed by atoms with Crippen LogP contribution in [0.2, 0.25) is 10.0 Å². The lowest BCUT2D eigenvalue weighted by molar-refractivity contribution is -0.121. The fourth-order valence-electron chi connectivity index (χ4n) is 1.54. The highest BCUT2D eigenvalue weighted by molar-refractivity contribution is 8.26. The number of thiocarbonyl (C=S) groups is 1. The zero-order chi connectivity index (χ0) is 14.0. The second-order valence-corrected chi connectivity index (χ2v) is 6.24. The van der Waals surface area contributed by atoms with Gasteiger partial charge in [0.05, 0.1) is 15.0 Å². The molecule has 1 fully saturated rings. The van der Waals surface area contributed by atoms with Crippen LogP contribution in [0, 0.1) is 0 Å². The summed E-state index contributed by atoms with van der Waals surface area (Å²) in [6.45, 7) is 4.03. The molecule has 1 heterocycles. The lowest BCUT2D eigenvalue weighted by atomic mass is 10.2. The summed E-state index contributed by atoms with van der Waals surface area (Å²) in [6, 6.07) is 5.21. The van der Waals surface area contributed by atoms with Crippen LogP contribution in [0.25, 0.3) is 6.08 Å². The normalized spacial score (nSPS) is 17.4. The van der Waals surface area contributed by atoms with E-state index in [-0.39, 0.29) is 5.91 Å². The van der Waals surface area contributed by atoms with Gasteiger partial charge in [-0.05, 0) is 23.8 Å². The molecule has 6 heteroatoms. The van der Waals surface area contributed by atoms with Crippen molar-refractivity contribution in [2.24, 2.45) is 0 Å². The van der Waals surface area contributed by atoms with Crippen molar-refractivity contribution >= 4 is 63.5 Å². The summed E-state index contributed by atoms with van der Waals surface area (Å²) in [5, 5.41) is 0.940. The van der Waals surface area contributed by atoms with Gasteiger partial charge < -0.3 is 0 Å². The molecule has 1 aromatic rings. The predicted octanol–water partition coefficient (Wildman–Crippen LogP) is 4.38. The molecule has 0 aromatic heterocycles. The van der Waals surface area contributed by atoms with Gasteiger partial charge in [0.2, 0.25) is 0 Å². The number of carbonyl (C=O) groups is 1. The number of hydrogen-bond acceptors (Lipinski definition) is 3. The second kappa shape index (κ2) is 6.09. The van der Waals surface area contributed by atoms with Crippen molar-refractivity contribution in [1.29, 1.82) is 0 Å². The van der Waals surface area contributed by atoms with E-state index in [1.165, 1.54) is 16.7 Å². The Bertz CT molecular complexity index is 598. The molecule has 1 aliphatic heterocycles. The Morgan fingerprint density at radius 3 is 2.74 bits per heavy atom. The Hall–Kier alpha value is -0.810. The van der Waals surface area contributed by atoms with Gasteiger partial charge in [0.15, 0.2) is 0 Å². The largest absolute Gasteiger partial charge is 0.289 e. The standard InChI is InChI=1S/C13H9Cl2NOS2/c1-2-5-16-12(17)11(19-13(16)18)7-8-3-4-9(14)10(15)6-8/h2-4,6-7H,1,5H2. The number of hydrogen-bond donors (Lipinski definition) is 0. The molecule has 1 saturated heterocycles. The lowest BCUT2D eigenvalue weighted by Gasteiger charge is -2.10. The molecule has 2 rings (SSSR count). The van der Waals surface area contributed by atoms with Gasteiger partial charge in [0, 0.05) is 6.54 Å². The van der Waals surface area contributed by atoms with Crippen LogP contribution < -0.4 is 0 Å². The van der Waals surface area contributed by atoms with Crippen molar-refractivity contribution in [2.45, 2.75) is 0 Å². The highest BCUT2D eigenvalue weighted by Gasteiger charge is 2.30. The van der Waals surface area contributed by atoms with Crippen LogP contribution in [0.3, 0.4) is 0 Å². The van der Waals surface area contributed by atoms with Gasteiger partial charge >= 0.3 is 0 Å². The van der Waals surface area contributed by atoms with Crippen molar-refractivity contribution in [3.63, 3.8) is 0 Å².